The average Bonchev–Trinajstić information content (AvgIpc) is 2.75. The van der Waals surface area contributed by atoms with Gasteiger partial charge in [-0.1, -0.05) is 11.8 Å². The zero-order valence-corrected chi connectivity index (χ0v) is 9.45. The van der Waals surface area contributed by atoms with Crippen LogP contribution in [0.25, 0.3) is 11.2 Å². The molecular weight excluding hydrogens is 228 g/mol. The van der Waals surface area contributed by atoms with Gasteiger partial charge >= 0.3 is 0 Å². The number of aromatic nitrogens is 4. The topological polar surface area (TPSA) is 80.8 Å². The number of H-pyrrole nitrogens is 1. The van der Waals surface area contributed by atoms with Crippen molar-refractivity contribution in [2.45, 2.75) is 5.03 Å². The summed E-state index contributed by atoms with van der Waals surface area (Å²) in [4.78, 5) is 26.3. The summed E-state index contributed by atoms with van der Waals surface area (Å²) in [6.45, 7) is 0.129. The van der Waals surface area contributed by atoms with Gasteiger partial charge in [0.05, 0.1) is 12.1 Å². The molecule has 0 aliphatic carbocycles. The first-order valence-electron chi connectivity index (χ1n) is 4.59. The van der Waals surface area contributed by atoms with Gasteiger partial charge < -0.3 is 9.72 Å². The Morgan fingerprint density at radius 3 is 3.19 bits per heavy atom. The molecule has 16 heavy (non-hydrogen) atoms. The molecule has 0 unspecified atom stereocenters. The van der Waals surface area contributed by atoms with Crippen molar-refractivity contribution in [1.82, 2.24) is 19.9 Å². The molecule has 0 amide bonds. The Balaban J connectivity index is 2.09. The van der Waals surface area contributed by atoms with E-state index in [0.29, 0.717) is 11.4 Å². The third-order valence-corrected chi connectivity index (χ3v) is 2.91. The highest BCUT2D eigenvalue weighted by Gasteiger charge is 2.08. The van der Waals surface area contributed by atoms with Crippen molar-refractivity contribution >= 4 is 28.7 Å². The van der Waals surface area contributed by atoms with Crippen LogP contribution in [0.1, 0.15) is 0 Å². The first-order chi connectivity index (χ1) is 7.81. The summed E-state index contributed by atoms with van der Waals surface area (Å²) in [7, 11) is 1.50. The number of aromatic amines is 1. The number of rotatable bonds is 5. The van der Waals surface area contributed by atoms with E-state index in [4.69, 9.17) is 4.74 Å². The molecule has 2 aromatic rings. The van der Waals surface area contributed by atoms with Crippen LogP contribution in [0, 0.1) is 0 Å². The lowest BCUT2D eigenvalue weighted by Gasteiger charge is -2.00. The summed E-state index contributed by atoms with van der Waals surface area (Å²) >= 11 is 1.35. The number of thioether (sulfide) groups is 1. The average molecular weight is 238 g/mol. The number of ketones is 1. The van der Waals surface area contributed by atoms with Crippen molar-refractivity contribution in [2.24, 2.45) is 0 Å². The zero-order chi connectivity index (χ0) is 11.4. The van der Waals surface area contributed by atoms with Gasteiger partial charge in [-0.3, -0.25) is 4.79 Å². The number of carbonyl (C=O) groups excluding carboxylic acids is 1. The van der Waals surface area contributed by atoms with Crippen molar-refractivity contribution in [3.05, 3.63) is 12.7 Å². The highest BCUT2D eigenvalue weighted by molar-refractivity contribution is 8.00. The van der Waals surface area contributed by atoms with Crippen LogP contribution in [0.15, 0.2) is 17.7 Å². The van der Waals surface area contributed by atoms with Crippen LogP contribution in [-0.4, -0.2) is 45.2 Å². The van der Waals surface area contributed by atoms with Crippen LogP contribution in [0.4, 0.5) is 0 Å². The largest absolute Gasteiger partial charge is 0.377 e. The Labute approximate surface area is 95.8 Å². The Bertz CT molecular complexity index is 499. The lowest BCUT2D eigenvalue weighted by Crippen LogP contribution is -2.09. The molecule has 6 nitrogen and oxygen atoms in total. The van der Waals surface area contributed by atoms with Gasteiger partial charge in [0, 0.05) is 7.11 Å². The number of methoxy groups -OCH3 is 1. The summed E-state index contributed by atoms with van der Waals surface area (Å²) < 4.78 is 4.75. The van der Waals surface area contributed by atoms with Gasteiger partial charge in [0.15, 0.2) is 11.4 Å². The number of nitrogens with zero attached hydrogens (tertiary/aromatic N) is 3. The maximum Gasteiger partial charge on any atom is 0.181 e. The standard InChI is InChI=1S/C9H10N4O2S/c1-15-2-6(14)3-16-9-7-8(11-4-10-7)12-5-13-9/h4-5H,2-3H2,1H3,(H,10,11,12,13). The zero-order valence-electron chi connectivity index (χ0n) is 8.64. The summed E-state index contributed by atoms with van der Waals surface area (Å²) in [6.07, 6.45) is 2.99. The van der Waals surface area contributed by atoms with Crippen LogP contribution < -0.4 is 0 Å². The number of carbonyl (C=O) groups is 1. The normalized spacial score (nSPS) is 10.8. The monoisotopic (exact) mass is 238 g/mol. The SMILES string of the molecule is COCC(=O)CSc1ncnc2nc[nH]c12. The van der Waals surface area contributed by atoms with E-state index in [2.05, 4.69) is 19.9 Å². The molecule has 1 N–H and O–H groups in total. The van der Waals surface area contributed by atoms with Gasteiger partial charge in [-0.05, 0) is 0 Å². The van der Waals surface area contributed by atoms with E-state index < -0.39 is 0 Å². The molecule has 0 aliphatic heterocycles. The van der Waals surface area contributed by atoms with E-state index in [1.165, 1.54) is 25.2 Å². The van der Waals surface area contributed by atoms with Crippen molar-refractivity contribution in [3.8, 4) is 0 Å². The van der Waals surface area contributed by atoms with E-state index in [1.807, 2.05) is 0 Å². The summed E-state index contributed by atoms with van der Waals surface area (Å²) in [5.74, 6) is 0.359. The Morgan fingerprint density at radius 1 is 1.50 bits per heavy atom. The molecule has 0 aliphatic rings. The fraction of sp³-hybridized carbons (Fsp3) is 0.333. The van der Waals surface area contributed by atoms with Crippen LogP contribution in [0.3, 0.4) is 0 Å². The van der Waals surface area contributed by atoms with Crippen molar-refractivity contribution in [2.75, 3.05) is 19.5 Å². The number of fused-ring (bicyclic) bond motifs is 1. The first-order valence-corrected chi connectivity index (χ1v) is 5.57. The van der Waals surface area contributed by atoms with E-state index in [1.54, 1.807) is 6.33 Å². The molecule has 0 spiro atoms. The molecule has 2 heterocycles. The van der Waals surface area contributed by atoms with Crippen molar-refractivity contribution < 1.29 is 9.53 Å². The van der Waals surface area contributed by atoms with E-state index in [-0.39, 0.29) is 12.4 Å². The predicted octanol–water partition coefficient (Wildman–Crippen LogP) is 0.661. The molecular formula is C9H10N4O2S. The van der Waals surface area contributed by atoms with E-state index in [9.17, 15) is 4.79 Å². The number of ether oxygens (including phenoxy) is 1. The molecule has 0 aromatic carbocycles. The second-order valence-corrected chi connectivity index (χ2v) is 4.00. The predicted molar refractivity (Wildman–Crippen MR) is 59.3 cm³/mol. The summed E-state index contributed by atoms with van der Waals surface area (Å²) in [5.41, 5.74) is 1.37. The third kappa shape index (κ3) is 2.37. The Hall–Kier alpha value is -1.47. The Morgan fingerprint density at radius 2 is 2.38 bits per heavy atom. The minimum atomic E-state index is 0.0266. The quantitative estimate of drug-likeness (QED) is 0.608. The van der Waals surface area contributed by atoms with Crippen molar-refractivity contribution in [1.29, 1.82) is 0 Å². The number of nitrogens with one attached hydrogen (secondary N) is 1. The Kier molecular flexibility index (Phi) is 3.47. The second kappa shape index (κ2) is 5.04. The van der Waals surface area contributed by atoms with Gasteiger partial charge in [0.2, 0.25) is 0 Å². The van der Waals surface area contributed by atoms with Crippen LogP contribution in [-0.2, 0) is 9.53 Å². The van der Waals surface area contributed by atoms with Gasteiger partial charge in [0.1, 0.15) is 23.5 Å². The van der Waals surface area contributed by atoms with E-state index in [0.717, 1.165) is 10.5 Å². The van der Waals surface area contributed by atoms with Gasteiger partial charge in [0.25, 0.3) is 0 Å². The minimum absolute atomic E-state index is 0.0266. The van der Waals surface area contributed by atoms with Crippen molar-refractivity contribution in [3.63, 3.8) is 0 Å². The van der Waals surface area contributed by atoms with E-state index >= 15 is 0 Å². The summed E-state index contributed by atoms with van der Waals surface area (Å²) in [6, 6.07) is 0. The first kappa shape index (κ1) is 11.0. The van der Waals surface area contributed by atoms with Crippen LogP contribution in [0.2, 0.25) is 0 Å². The lowest BCUT2D eigenvalue weighted by atomic mass is 10.5. The van der Waals surface area contributed by atoms with Crippen LogP contribution in [0.5, 0.6) is 0 Å². The highest BCUT2D eigenvalue weighted by Crippen LogP contribution is 2.21. The fourth-order valence-electron chi connectivity index (χ4n) is 1.20. The van der Waals surface area contributed by atoms with Gasteiger partial charge in [-0.25, -0.2) is 15.0 Å². The molecule has 0 saturated carbocycles. The third-order valence-electron chi connectivity index (χ3n) is 1.86. The maximum absolute atomic E-state index is 11.3. The number of hydrogen-bond donors (Lipinski definition) is 1. The molecule has 0 saturated heterocycles. The lowest BCUT2D eigenvalue weighted by molar-refractivity contribution is -0.120. The number of imidazole rings is 1. The van der Waals surface area contributed by atoms with Crippen LogP contribution >= 0.6 is 11.8 Å². The van der Waals surface area contributed by atoms with Gasteiger partial charge in [-0.2, -0.15) is 0 Å². The molecule has 0 fully saturated rings. The minimum Gasteiger partial charge on any atom is -0.377 e. The second-order valence-electron chi connectivity index (χ2n) is 3.04. The summed E-state index contributed by atoms with van der Waals surface area (Å²) in [5, 5.41) is 0.729. The number of Topliss-reactive ketones (excluding diaryl/α,β-unsaturated/α-hetero) is 1. The smallest absolute Gasteiger partial charge is 0.181 e. The molecule has 2 aromatic heterocycles. The fourth-order valence-corrected chi connectivity index (χ4v) is 2.00. The molecule has 0 bridgehead atoms. The molecule has 0 atom stereocenters. The van der Waals surface area contributed by atoms with Gasteiger partial charge in [-0.15, -0.1) is 0 Å². The maximum atomic E-state index is 11.3. The molecule has 84 valence electrons. The molecule has 2 rings (SSSR count). The molecule has 7 heteroatoms. The number of hydrogen-bond acceptors (Lipinski definition) is 6. The molecule has 0 radical (unpaired) electrons. The highest BCUT2D eigenvalue weighted by atomic mass is 32.2.